The highest BCUT2D eigenvalue weighted by Crippen LogP contribution is 2.12. The van der Waals surface area contributed by atoms with Crippen molar-refractivity contribution < 1.29 is 5.11 Å². The third-order valence-corrected chi connectivity index (χ3v) is 4.94. The number of hydrogen-bond donors (Lipinski definition) is 1. The molecule has 0 spiro atoms. The molecule has 0 saturated carbocycles. The first-order valence-corrected chi connectivity index (χ1v) is 9.84. The number of nitrogens with zero attached hydrogens (tertiary/aromatic N) is 2. The fourth-order valence-electron chi connectivity index (χ4n) is 3.36. The third kappa shape index (κ3) is 11.4. The highest BCUT2D eigenvalue weighted by molar-refractivity contribution is 4.67. The zero-order chi connectivity index (χ0) is 15.9. The van der Waals surface area contributed by atoms with Gasteiger partial charge in [0.15, 0.2) is 0 Å². The SMILES string of the molecule is CN1CCCN(CCCCCCCCCCCCCO)CC1. The van der Waals surface area contributed by atoms with E-state index in [9.17, 15) is 0 Å². The fraction of sp³-hybridized carbons (Fsp3) is 1.00. The zero-order valence-electron chi connectivity index (χ0n) is 15.1. The van der Waals surface area contributed by atoms with E-state index in [4.69, 9.17) is 5.11 Å². The van der Waals surface area contributed by atoms with Crippen molar-refractivity contribution >= 4 is 0 Å². The van der Waals surface area contributed by atoms with Gasteiger partial charge in [-0.1, -0.05) is 57.8 Å². The van der Waals surface area contributed by atoms with E-state index < -0.39 is 0 Å². The standard InChI is InChI=1S/C19H40N2O/c1-20-14-13-16-21(18-17-20)15-11-9-7-5-3-2-4-6-8-10-12-19-22/h22H,2-19H2,1H3. The second-order valence-electron chi connectivity index (χ2n) is 7.11. The molecular formula is C19H40N2O. The first-order chi connectivity index (χ1) is 10.8. The van der Waals surface area contributed by atoms with Gasteiger partial charge < -0.3 is 14.9 Å². The number of unbranched alkanes of at least 4 members (excludes halogenated alkanes) is 10. The maximum absolute atomic E-state index is 8.71. The van der Waals surface area contributed by atoms with Crippen LogP contribution < -0.4 is 0 Å². The van der Waals surface area contributed by atoms with Crippen molar-refractivity contribution in [2.75, 3.05) is 46.4 Å². The molecule has 132 valence electrons. The first-order valence-electron chi connectivity index (χ1n) is 9.84. The van der Waals surface area contributed by atoms with Gasteiger partial charge in [0.05, 0.1) is 0 Å². The number of likely N-dealkylation sites (N-methyl/N-ethyl adjacent to an activating group) is 1. The summed E-state index contributed by atoms with van der Waals surface area (Å²) in [6.07, 6.45) is 16.1. The Labute approximate surface area is 139 Å². The molecule has 0 aromatic heterocycles. The minimum Gasteiger partial charge on any atom is -0.396 e. The van der Waals surface area contributed by atoms with Crippen LogP contribution in [0.15, 0.2) is 0 Å². The highest BCUT2D eigenvalue weighted by Gasteiger charge is 2.10. The summed E-state index contributed by atoms with van der Waals surface area (Å²) in [5, 5.41) is 8.71. The van der Waals surface area contributed by atoms with Gasteiger partial charge in [-0.3, -0.25) is 0 Å². The average Bonchev–Trinajstić information content (AvgIpc) is 2.73. The lowest BCUT2D eigenvalue weighted by atomic mass is 10.1. The monoisotopic (exact) mass is 312 g/mol. The van der Waals surface area contributed by atoms with Crippen molar-refractivity contribution in [3.63, 3.8) is 0 Å². The van der Waals surface area contributed by atoms with E-state index in [1.54, 1.807) is 0 Å². The molecule has 1 heterocycles. The van der Waals surface area contributed by atoms with Crippen LogP contribution in [0.2, 0.25) is 0 Å². The molecule has 0 aromatic rings. The van der Waals surface area contributed by atoms with Gasteiger partial charge in [0.25, 0.3) is 0 Å². The van der Waals surface area contributed by atoms with Crippen LogP contribution in [0.3, 0.4) is 0 Å². The largest absolute Gasteiger partial charge is 0.396 e. The predicted molar refractivity (Wildman–Crippen MR) is 96.4 cm³/mol. The molecule has 0 radical (unpaired) electrons. The van der Waals surface area contributed by atoms with Gasteiger partial charge in [0.2, 0.25) is 0 Å². The van der Waals surface area contributed by atoms with Gasteiger partial charge in [-0.15, -0.1) is 0 Å². The molecule has 0 amide bonds. The molecule has 22 heavy (non-hydrogen) atoms. The summed E-state index contributed by atoms with van der Waals surface area (Å²) in [5.74, 6) is 0. The zero-order valence-corrected chi connectivity index (χ0v) is 15.1. The lowest BCUT2D eigenvalue weighted by Crippen LogP contribution is -2.29. The van der Waals surface area contributed by atoms with Crippen molar-refractivity contribution in [1.82, 2.24) is 9.80 Å². The molecule has 1 N–H and O–H groups in total. The maximum Gasteiger partial charge on any atom is 0.0431 e. The van der Waals surface area contributed by atoms with Crippen LogP contribution >= 0.6 is 0 Å². The molecule has 1 aliphatic heterocycles. The molecular weight excluding hydrogens is 272 g/mol. The lowest BCUT2D eigenvalue weighted by Gasteiger charge is -2.19. The fourth-order valence-corrected chi connectivity index (χ4v) is 3.36. The molecule has 0 aliphatic carbocycles. The van der Waals surface area contributed by atoms with Crippen molar-refractivity contribution in [2.24, 2.45) is 0 Å². The van der Waals surface area contributed by atoms with E-state index in [2.05, 4.69) is 16.8 Å². The van der Waals surface area contributed by atoms with Gasteiger partial charge in [0, 0.05) is 19.7 Å². The summed E-state index contributed by atoms with van der Waals surface area (Å²) in [7, 11) is 2.25. The molecule has 0 atom stereocenters. The Morgan fingerprint density at radius 3 is 1.77 bits per heavy atom. The van der Waals surface area contributed by atoms with Crippen molar-refractivity contribution in [1.29, 1.82) is 0 Å². The van der Waals surface area contributed by atoms with Crippen LogP contribution in [0.1, 0.15) is 77.0 Å². The number of aliphatic hydroxyl groups is 1. The van der Waals surface area contributed by atoms with Gasteiger partial charge in [-0.2, -0.15) is 0 Å². The first kappa shape index (κ1) is 19.9. The van der Waals surface area contributed by atoms with E-state index in [0.717, 1.165) is 6.42 Å². The second-order valence-corrected chi connectivity index (χ2v) is 7.11. The summed E-state index contributed by atoms with van der Waals surface area (Å²) in [6.45, 7) is 6.79. The van der Waals surface area contributed by atoms with Crippen LogP contribution in [0.4, 0.5) is 0 Å². The minimum absolute atomic E-state index is 0.369. The summed E-state index contributed by atoms with van der Waals surface area (Å²) < 4.78 is 0. The Balaban J connectivity index is 1.78. The molecule has 0 bridgehead atoms. The molecule has 1 rings (SSSR count). The Kier molecular flexibility index (Phi) is 13.1. The van der Waals surface area contributed by atoms with E-state index in [-0.39, 0.29) is 0 Å². The molecule has 1 fully saturated rings. The maximum atomic E-state index is 8.71. The van der Waals surface area contributed by atoms with Gasteiger partial charge >= 0.3 is 0 Å². The normalized spacial score (nSPS) is 17.7. The molecule has 1 saturated heterocycles. The van der Waals surface area contributed by atoms with Crippen LogP contribution in [0.5, 0.6) is 0 Å². The quantitative estimate of drug-likeness (QED) is 0.522. The van der Waals surface area contributed by atoms with E-state index in [0.29, 0.717) is 6.61 Å². The Hall–Kier alpha value is -0.120. The Morgan fingerprint density at radius 2 is 1.18 bits per heavy atom. The van der Waals surface area contributed by atoms with E-state index >= 15 is 0 Å². The molecule has 1 aliphatic rings. The highest BCUT2D eigenvalue weighted by atomic mass is 16.2. The number of aliphatic hydroxyl groups excluding tert-OH is 1. The number of rotatable bonds is 13. The van der Waals surface area contributed by atoms with Crippen LogP contribution in [0, 0.1) is 0 Å². The molecule has 0 unspecified atom stereocenters. The summed E-state index contributed by atoms with van der Waals surface area (Å²) in [4.78, 5) is 5.12. The van der Waals surface area contributed by atoms with Gasteiger partial charge in [-0.05, 0) is 45.9 Å². The molecule has 3 nitrogen and oxygen atoms in total. The van der Waals surface area contributed by atoms with Crippen molar-refractivity contribution in [2.45, 2.75) is 77.0 Å². The van der Waals surface area contributed by atoms with Gasteiger partial charge in [-0.25, -0.2) is 0 Å². The third-order valence-electron chi connectivity index (χ3n) is 4.94. The number of hydrogen-bond acceptors (Lipinski definition) is 3. The van der Waals surface area contributed by atoms with Crippen LogP contribution in [0.25, 0.3) is 0 Å². The van der Waals surface area contributed by atoms with Crippen LogP contribution in [-0.2, 0) is 0 Å². The van der Waals surface area contributed by atoms with Gasteiger partial charge in [0.1, 0.15) is 0 Å². The average molecular weight is 313 g/mol. The Bertz CT molecular complexity index is 235. The summed E-state index contributed by atoms with van der Waals surface area (Å²) >= 11 is 0. The smallest absolute Gasteiger partial charge is 0.0431 e. The minimum atomic E-state index is 0.369. The van der Waals surface area contributed by atoms with E-state index in [1.807, 2.05) is 0 Å². The van der Waals surface area contributed by atoms with Crippen LogP contribution in [-0.4, -0.2) is 61.3 Å². The van der Waals surface area contributed by atoms with Crippen molar-refractivity contribution in [3.8, 4) is 0 Å². The second kappa shape index (κ2) is 14.5. The Morgan fingerprint density at radius 1 is 0.636 bits per heavy atom. The predicted octanol–water partition coefficient (Wildman–Crippen LogP) is 3.91. The van der Waals surface area contributed by atoms with Crippen molar-refractivity contribution in [3.05, 3.63) is 0 Å². The van der Waals surface area contributed by atoms with E-state index in [1.165, 1.54) is 103 Å². The summed E-state index contributed by atoms with van der Waals surface area (Å²) in [6, 6.07) is 0. The molecule has 0 aromatic carbocycles. The molecule has 3 heteroatoms. The summed E-state index contributed by atoms with van der Waals surface area (Å²) in [5.41, 5.74) is 0. The topological polar surface area (TPSA) is 26.7 Å². The lowest BCUT2D eigenvalue weighted by molar-refractivity contribution is 0.270.